The van der Waals surface area contributed by atoms with Gasteiger partial charge >= 0.3 is 0 Å². The van der Waals surface area contributed by atoms with Crippen LogP contribution in [0.1, 0.15) is 35.8 Å². The Morgan fingerprint density at radius 1 is 1.53 bits per heavy atom. The molecule has 0 saturated heterocycles. The molecule has 17 heavy (non-hydrogen) atoms. The Labute approximate surface area is 102 Å². The minimum Gasteiger partial charge on any atom is -0.496 e. The van der Waals surface area contributed by atoms with Crippen molar-refractivity contribution in [1.82, 2.24) is 15.2 Å². The molecule has 1 unspecified atom stereocenters. The third-order valence-corrected chi connectivity index (χ3v) is 3.27. The van der Waals surface area contributed by atoms with Gasteiger partial charge in [0.05, 0.1) is 12.3 Å². The zero-order chi connectivity index (χ0) is 12.4. The first-order chi connectivity index (χ1) is 8.15. The molecular weight excluding hydrogens is 216 g/mol. The fourth-order valence-corrected chi connectivity index (χ4v) is 2.29. The third-order valence-electron chi connectivity index (χ3n) is 3.27. The van der Waals surface area contributed by atoms with Gasteiger partial charge in [-0.05, 0) is 32.8 Å². The molecule has 0 aliphatic carbocycles. The van der Waals surface area contributed by atoms with Gasteiger partial charge in [-0.25, -0.2) is 5.43 Å². The Balaban J connectivity index is 2.37. The van der Waals surface area contributed by atoms with Gasteiger partial charge in [-0.15, -0.1) is 0 Å². The van der Waals surface area contributed by atoms with Crippen molar-refractivity contribution in [2.75, 3.05) is 6.61 Å². The van der Waals surface area contributed by atoms with Crippen molar-refractivity contribution < 1.29 is 4.74 Å². The van der Waals surface area contributed by atoms with Crippen LogP contribution in [0.3, 0.4) is 0 Å². The summed E-state index contributed by atoms with van der Waals surface area (Å²) in [4.78, 5) is 0. The van der Waals surface area contributed by atoms with E-state index in [-0.39, 0.29) is 6.04 Å². The fourth-order valence-electron chi connectivity index (χ4n) is 2.29. The Hall–Kier alpha value is -1.33. The summed E-state index contributed by atoms with van der Waals surface area (Å²) < 4.78 is 7.56. The first kappa shape index (κ1) is 12.1. The summed E-state index contributed by atoms with van der Waals surface area (Å²) in [5, 5.41) is 4.41. The van der Waals surface area contributed by atoms with Gasteiger partial charge in [-0.2, -0.15) is 5.10 Å². The predicted molar refractivity (Wildman–Crippen MR) is 66.0 cm³/mol. The maximum atomic E-state index is 5.69. The highest BCUT2D eigenvalue weighted by Crippen LogP contribution is 2.29. The van der Waals surface area contributed by atoms with E-state index in [2.05, 4.69) is 16.6 Å². The highest BCUT2D eigenvalue weighted by molar-refractivity contribution is 5.33. The van der Waals surface area contributed by atoms with Crippen LogP contribution in [-0.4, -0.2) is 16.4 Å². The van der Waals surface area contributed by atoms with E-state index in [9.17, 15) is 0 Å². The average Bonchev–Trinajstić information content (AvgIpc) is 2.58. The number of allylic oxidation sites excluding steroid dienone is 1. The van der Waals surface area contributed by atoms with Gasteiger partial charge in [0.1, 0.15) is 11.8 Å². The van der Waals surface area contributed by atoms with E-state index >= 15 is 0 Å². The van der Waals surface area contributed by atoms with Crippen molar-refractivity contribution in [1.29, 1.82) is 0 Å². The normalized spacial score (nSPS) is 17.5. The number of hydrogen-bond acceptors (Lipinski definition) is 4. The molecule has 1 atom stereocenters. The summed E-state index contributed by atoms with van der Waals surface area (Å²) in [7, 11) is 1.94. The zero-order valence-electron chi connectivity index (χ0n) is 10.7. The number of aromatic nitrogens is 2. The van der Waals surface area contributed by atoms with Gasteiger partial charge in [0, 0.05) is 18.3 Å². The Bertz CT molecular complexity index is 436. The topological polar surface area (TPSA) is 65.1 Å². The predicted octanol–water partition coefficient (Wildman–Crippen LogP) is 1.24. The smallest absolute Gasteiger partial charge is 0.115 e. The van der Waals surface area contributed by atoms with Gasteiger partial charge < -0.3 is 4.74 Å². The van der Waals surface area contributed by atoms with Crippen LogP contribution in [0.25, 0.3) is 0 Å². The fraction of sp³-hybridized carbons (Fsp3) is 0.583. The molecule has 5 heteroatoms. The molecule has 1 aromatic heterocycles. The summed E-state index contributed by atoms with van der Waals surface area (Å²) in [6.07, 6.45) is 4.23. The second kappa shape index (κ2) is 4.89. The second-order valence-corrected chi connectivity index (χ2v) is 4.40. The highest BCUT2D eigenvalue weighted by atomic mass is 16.5. The Morgan fingerprint density at radius 2 is 2.29 bits per heavy atom. The SMILES string of the molecule is Cc1nn(C)c(C)c1C(NN)C1=CCCCO1. The molecule has 0 aromatic carbocycles. The van der Waals surface area contributed by atoms with Crippen LogP contribution < -0.4 is 11.3 Å². The molecule has 94 valence electrons. The molecule has 1 aliphatic rings. The van der Waals surface area contributed by atoms with Crippen LogP contribution in [0, 0.1) is 13.8 Å². The van der Waals surface area contributed by atoms with E-state index in [1.54, 1.807) is 0 Å². The van der Waals surface area contributed by atoms with Crippen LogP contribution in [0.2, 0.25) is 0 Å². The van der Waals surface area contributed by atoms with Gasteiger partial charge in [-0.1, -0.05) is 0 Å². The van der Waals surface area contributed by atoms with Crippen LogP contribution in [0.15, 0.2) is 11.8 Å². The van der Waals surface area contributed by atoms with E-state index < -0.39 is 0 Å². The van der Waals surface area contributed by atoms with E-state index in [0.29, 0.717) is 0 Å². The van der Waals surface area contributed by atoms with Crippen LogP contribution in [-0.2, 0) is 11.8 Å². The molecule has 2 heterocycles. The van der Waals surface area contributed by atoms with Crippen molar-refractivity contribution in [3.8, 4) is 0 Å². The quantitative estimate of drug-likeness (QED) is 0.612. The highest BCUT2D eigenvalue weighted by Gasteiger charge is 2.24. The van der Waals surface area contributed by atoms with E-state index in [4.69, 9.17) is 10.6 Å². The van der Waals surface area contributed by atoms with Crippen LogP contribution in [0.5, 0.6) is 0 Å². The van der Waals surface area contributed by atoms with Gasteiger partial charge in [0.2, 0.25) is 0 Å². The number of hydrazine groups is 1. The molecule has 0 spiro atoms. The molecule has 5 nitrogen and oxygen atoms in total. The molecule has 1 aliphatic heterocycles. The summed E-state index contributed by atoms with van der Waals surface area (Å²) in [6.45, 7) is 4.81. The van der Waals surface area contributed by atoms with Crippen molar-refractivity contribution in [3.05, 3.63) is 28.8 Å². The first-order valence-corrected chi connectivity index (χ1v) is 5.94. The number of ether oxygens (including phenoxy) is 1. The lowest BCUT2D eigenvalue weighted by Gasteiger charge is -2.23. The summed E-state index contributed by atoms with van der Waals surface area (Å²) in [5.74, 6) is 6.59. The lowest BCUT2D eigenvalue weighted by Crippen LogP contribution is -2.31. The van der Waals surface area contributed by atoms with Gasteiger partial charge in [0.15, 0.2) is 0 Å². The molecule has 2 rings (SSSR count). The molecule has 0 radical (unpaired) electrons. The monoisotopic (exact) mass is 236 g/mol. The largest absolute Gasteiger partial charge is 0.496 e. The Morgan fingerprint density at radius 3 is 2.76 bits per heavy atom. The summed E-state index contributed by atoms with van der Waals surface area (Å²) in [5.41, 5.74) is 6.05. The van der Waals surface area contributed by atoms with Crippen LogP contribution in [0.4, 0.5) is 0 Å². The first-order valence-electron chi connectivity index (χ1n) is 5.94. The van der Waals surface area contributed by atoms with E-state index in [0.717, 1.165) is 42.2 Å². The maximum absolute atomic E-state index is 5.69. The molecule has 3 N–H and O–H groups in total. The van der Waals surface area contributed by atoms with Crippen molar-refractivity contribution >= 4 is 0 Å². The molecule has 0 saturated carbocycles. The standard InChI is InChI=1S/C12H20N4O/c1-8-11(9(2)16(3)15-8)12(14-13)10-6-4-5-7-17-10/h6,12,14H,4-5,7,13H2,1-3H3. The summed E-state index contributed by atoms with van der Waals surface area (Å²) >= 11 is 0. The molecule has 0 fully saturated rings. The minimum absolute atomic E-state index is 0.0935. The van der Waals surface area contributed by atoms with Crippen molar-refractivity contribution in [2.45, 2.75) is 32.7 Å². The maximum Gasteiger partial charge on any atom is 0.115 e. The van der Waals surface area contributed by atoms with Crippen molar-refractivity contribution in [2.24, 2.45) is 12.9 Å². The number of nitrogens with two attached hydrogens (primary N) is 1. The van der Waals surface area contributed by atoms with Gasteiger partial charge in [-0.3, -0.25) is 10.5 Å². The van der Waals surface area contributed by atoms with Crippen molar-refractivity contribution in [3.63, 3.8) is 0 Å². The van der Waals surface area contributed by atoms with E-state index in [1.807, 2.05) is 25.6 Å². The Kier molecular flexibility index (Phi) is 3.49. The number of nitrogens with one attached hydrogen (secondary N) is 1. The molecule has 0 bridgehead atoms. The third kappa shape index (κ3) is 2.21. The lowest BCUT2D eigenvalue weighted by atomic mass is 10.0. The summed E-state index contributed by atoms with van der Waals surface area (Å²) in [6, 6.07) is -0.0935. The van der Waals surface area contributed by atoms with Gasteiger partial charge in [0.25, 0.3) is 0 Å². The molecular formula is C12H20N4O. The molecule has 1 aromatic rings. The number of hydrogen-bond donors (Lipinski definition) is 2. The lowest BCUT2D eigenvalue weighted by molar-refractivity contribution is 0.167. The zero-order valence-corrected chi connectivity index (χ0v) is 10.7. The van der Waals surface area contributed by atoms with Crippen LogP contribution >= 0.6 is 0 Å². The number of rotatable bonds is 3. The molecule has 0 amide bonds. The average molecular weight is 236 g/mol. The van der Waals surface area contributed by atoms with E-state index in [1.165, 1.54) is 0 Å². The second-order valence-electron chi connectivity index (χ2n) is 4.40. The minimum atomic E-state index is -0.0935. The number of nitrogens with zero attached hydrogens (tertiary/aromatic N) is 2. The number of aryl methyl sites for hydroxylation is 2.